The van der Waals surface area contributed by atoms with Gasteiger partial charge in [0.15, 0.2) is 0 Å². The summed E-state index contributed by atoms with van der Waals surface area (Å²) in [6.07, 6.45) is 2.64. The molecule has 4 aromatic rings. The number of para-hydroxylation sites is 1. The summed E-state index contributed by atoms with van der Waals surface area (Å²) in [5.41, 5.74) is -4.00. The van der Waals surface area contributed by atoms with Crippen LogP contribution in [0.1, 0.15) is 5.56 Å². The molecule has 0 fully saturated rings. The minimum Gasteiger partial charge on any atom is -0.493 e. The van der Waals surface area contributed by atoms with E-state index in [9.17, 15) is 27.5 Å². The standard InChI is InChI=1S/C20H13F4N3O2S/c21-16-3-1-2-15-12(8-9-25-18(15)16)10-26-11-17(28)27(19(26)29)13-4-6-14(7-5-13)30-20(22,23)24/h1-9,11,28H,10H2. The molecule has 0 saturated carbocycles. The van der Waals surface area contributed by atoms with Crippen molar-refractivity contribution in [3.63, 3.8) is 0 Å². The average molecular weight is 435 g/mol. The molecule has 30 heavy (non-hydrogen) atoms. The van der Waals surface area contributed by atoms with Crippen molar-refractivity contribution in [3.8, 4) is 11.6 Å². The fourth-order valence-corrected chi connectivity index (χ4v) is 3.69. The van der Waals surface area contributed by atoms with Gasteiger partial charge in [0.25, 0.3) is 0 Å². The smallest absolute Gasteiger partial charge is 0.446 e. The average Bonchev–Trinajstić information content (AvgIpc) is 2.95. The highest BCUT2D eigenvalue weighted by Gasteiger charge is 2.29. The summed E-state index contributed by atoms with van der Waals surface area (Å²) in [5, 5.41) is 10.8. The third kappa shape index (κ3) is 3.90. The maximum atomic E-state index is 14.0. The summed E-state index contributed by atoms with van der Waals surface area (Å²) in [7, 11) is 0. The molecular formula is C20H13F4N3O2S. The first-order valence-corrected chi connectivity index (χ1v) is 9.44. The van der Waals surface area contributed by atoms with E-state index in [1.165, 1.54) is 53.4 Å². The number of fused-ring (bicyclic) bond motifs is 1. The van der Waals surface area contributed by atoms with Crippen LogP contribution in [0.25, 0.3) is 16.6 Å². The molecule has 0 atom stereocenters. The Morgan fingerprint density at radius 3 is 2.50 bits per heavy atom. The van der Waals surface area contributed by atoms with Crippen LogP contribution in [0.5, 0.6) is 5.88 Å². The minimum absolute atomic E-state index is 0.0384. The largest absolute Gasteiger partial charge is 0.493 e. The van der Waals surface area contributed by atoms with Crippen molar-refractivity contribution in [2.24, 2.45) is 0 Å². The number of thioether (sulfide) groups is 1. The molecule has 2 aromatic carbocycles. The van der Waals surface area contributed by atoms with E-state index in [0.29, 0.717) is 10.9 Å². The van der Waals surface area contributed by atoms with E-state index in [2.05, 4.69) is 4.98 Å². The van der Waals surface area contributed by atoms with Gasteiger partial charge >= 0.3 is 11.2 Å². The predicted molar refractivity (Wildman–Crippen MR) is 104 cm³/mol. The van der Waals surface area contributed by atoms with E-state index in [0.717, 1.165) is 4.57 Å². The molecule has 5 nitrogen and oxygen atoms in total. The molecule has 0 amide bonds. The second-order valence-electron chi connectivity index (χ2n) is 6.38. The van der Waals surface area contributed by atoms with Crippen LogP contribution in [0.15, 0.2) is 70.6 Å². The Labute approximate surface area is 171 Å². The van der Waals surface area contributed by atoms with Crippen LogP contribution in [0, 0.1) is 5.82 Å². The molecule has 0 unspecified atom stereocenters. The highest BCUT2D eigenvalue weighted by Crippen LogP contribution is 2.37. The SMILES string of the molecule is O=c1n(Cc2ccnc3c(F)cccc23)cc(O)n1-c1ccc(SC(F)(F)F)cc1. The lowest BCUT2D eigenvalue weighted by molar-refractivity contribution is -0.0328. The molecule has 2 aromatic heterocycles. The number of pyridine rings is 1. The molecule has 1 N–H and O–H groups in total. The van der Waals surface area contributed by atoms with E-state index in [-0.39, 0.29) is 40.3 Å². The van der Waals surface area contributed by atoms with E-state index in [1.54, 1.807) is 12.1 Å². The molecule has 2 heterocycles. The lowest BCUT2D eigenvalue weighted by atomic mass is 10.1. The van der Waals surface area contributed by atoms with Gasteiger partial charge in [-0.3, -0.25) is 9.55 Å². The van der Waals surface area contributed by atoms with Gasteiger partial charge in [0.05, 0.1) is 18.4 Å². The zero-order valence-corrected chi connectivity index (χ0v) is 15.9. The minimum atomic E-state index is -4.42. The van der Waals surface area contributed by atoms with Gasteiger partial charge in [-0.2, -0.15) is 13.2 Å². The normalized spacial score (nSPS) is 11.9. The maximum Gasteiger partial charge on any atom is 0.446 e. The lowest BCUT2D eigenvalue weighted by Crippen LogP contribution is -2.23. The monoisotopic (exact) mass is 435 g/mol. The molecule has 0 aliphatic carbocycles. The summed E-state index contributed by atoms with van der Waals surface area (Å²) in [6, 6.07) is 11.2. The van der Waals surface area contributed by atoms with E-state index in [4.69, 9.17) is 0 Å². The van der Waals surface area contributed by atoms with Gasteiger partial charge in [-0.1, -0.05) is 12.1 Å². The Balaban J connectivity index is 1.69. The first-order valence-electron chi connectivity index (χ1n) is 8.62. The van der Waals surface area contributed by atoms with Crippen LogP contribution in [0.2, 0.25) is 0 Å². The number of benzene rings is 2. The molecule has 4 rings (SSSR count). The van der Waals surface area contributed by atoms with Crippen molar-refractivity contribution in [1.29, 1.82) is 0 Å². The number of aromatic nitrogens is 3. The molecule has 154 valence electrons. The predicted octanol–water partition coefficient (Wildman–Crippen LogP) is 4.69. The van der Waals surface area contributed by atoms with Crippen LogP contribution >= 0.6 is 11.8 Å². The molecule has 0 aliphatic rings. The van der Waals surface area contributed by atoms with Crippen molar-refractivity contribution in [2.45, 2.75) is 16.9 Å². The Kier molecular flexibility index (Phi) is 5.02. The number of aromatic hydroxyl groups is 1. The third-order valence-corrected chi connectivity index (χ3v) is 5.16. The Morgan fingerprint density at radius 1 is 1.07 bits per heavy atom. The first kappa shape index (κ1) is 20.0. The van der Waals surface area contributed by atoms with Crippen LogP contribution in [0.4, 0.5) is 17.6 Å². The number of halogens is 4. The summed E-state index contributed by atoms with van der Waals surface area (Å²) in [5.74, 6) is -0.861. The van der Waals surface area contributed by atoms with E-state index < -0.39 is 17.0 Å². The van der Waals surface area contributed by atoms with Crippen LogP contribution < -0.4 is 5.69 Å². The quantitative estimate of drug-likeness (QED) is 0.373. The van der Waals surface area contributed by atoms with Crippen molar-refractivity contribution in [2.75, 3.05) is 0 Å². The lowest BCUT2D eigenvalue weighted by Gasteiger charge is -2.08. The maximum absolute atomic E-state index is 14.0. The van der Waals surface area contributed by atoms with Crippen molar-refractivity contribution in [3.05, 3.63) is 82.8 Å². The van der Waals surface area contributed by atoms with E-state index >= 15 is 0 Å². The van der Waals surface area contributed by atoms with Crippen molar-refractivity contribution >= 4 is 22.7 Å². The van der Waals surface area contributed by atoms with Gasteiger partial charge in [-0.05, 0) is 53.7 Å². The number of imidazole rings is 1. The molecule has 0 radical (unpaired) electrons. The van der Waals surface area contributed by atoms with Crippen molar-refractivity contribution in [1.82, 2.24) is 14.1 Å². The second kappa shape index (κ2) is 7.52. The zero-order chi connectivity index (χ0) is 21.5. The highest BCUT2D eigenvalue weighted by atomic mass is 32.2. The van der Waals surface area contributed by atoms with Gasteiger partial charge in [0.1, 0.15) is 11.3 Å². The number of alkyl halides is 3. The summed E-state index contributed by atoms with van der Waals surface area (Å²) < 4.78 is 53.6. The van der Waals surface area contributed by atoms with Crippen LogP contribution in [0.3, 0.4) is 0 Å². The van der Waals surface area contributed by atoms with Gasteiger partial charge < -0.3 is 5.11 Å². The third-order valence-electron chi connectivity index (χ3n) is 4.42. The molecule has 10 heteroatoms. The fourth-order valence-electron chi connectivity index (χ4n) is 3.15. The topological polar surface area (TPSA) is 60.1 Å². The zero-order valence-electron chi connectivity index (χ0n) is 15.1. The first-order chi connectivity index (χ1) is 14.2. The highest BCUT2D eigenvalue weighted by molar-refractivity contribution is 8.00. The number of hydrogen-bond acceptors (Lipinski definition) is 4. The molecular weight excluding hydrogens is 422 g/mol. The molecule has 0 spiro atoms. The van der Waals surface area contributed by atoms with Gasteiger partial charge in [0, 0.05) is 16.5 Å². The second-order valence-corrected chi connectivity index (χ2v) is 7.52. The van der Waals surface area contributed by atoms with Crippen molar-refractivity contribution < 1.29 is 22.7 Å². The number of rotatable bonds is 4. The van der Waals surface area contributed by atoms with Gasteiger partial charge in [0.2, 0.25) is 5.88 Å². The van der Waals surface area contributed by atoms with E-state index in [1.807, 2.05) is 0 Å². The molecule has 0 aliphatic heterocycles. The Bertz CT molecular complexity index is 1280. The summed E-state index contributed by atoms with van der Waals surface area (Å²) >= 11 is -0.269. The fraction of sp³-hybridized carbons (Fsp3) is 0.100. The van der Waals surface area contributed by atoms with Gasteiger partial charge in [-0.15, -0.1) is 0 Å². The number of nitrogens with zero attached hydrogens (tertiary/aromatic N) is 3. The molecule has 0 bridgehead atoms. The Hall–Kier alpha value is -3.27. The summed E-state index contributed by atoms with van der Waals surface area (Å²) in [4.78, 5) is 16.8. The number of hydrogen-bond donors (Lipinski definition) is 1. The Morgan fingerprint density at radius 2 is 1.80 bits per heavy atom. The summed E-state index contributed by atoms with van der Waals surface area (Å²) in [6.45, 7) is 0.0455. The van der Waals surface area contributed by atoms with Crippen LogP contribution in [-0.4, -0.2) is 24.7 Å². The van der Waals surface area contributed by atoms with Crippen LogP contribution in [-0.2, 0) is 6.54 Å². The molecule has 0 saturated heterocycles. The van der Waals surface area contributed by atoms with Gasteiger partial charge in [-0.25, -0.2) is 13.8 Å².